The number of nitrogens with one attached hydrogen (secondary N) is 2. The van der Waals surface area contributed by atoms with Gasteiger partial charge < -0.3 is 10.6 Å². The molecular weight excluding hydrogens is 586 g/mol. The highest BCUT2D eigenvalue weighted by Gasteiger charge is 2.13. The van der Waals surface area contributed by atoms with Crippen molar-refractivity contribution in [3.8, 4) is 11.3 Å². The van der Waals surface area contributed by atoms with Gasteiger partial charge in [0, 0.05) is 29.7 Å². The van der Waals surface area contributed by atoms with Crippen molar-refractivity contribution in [2.45, 2.75) is 19.5 Å². The van der Waals surface area contributed by atoms with E-state index in [1.807, 2.05) is 60.7 Å². The Morgan fingerprint density at radius 3 is 2.33 bits per heavy atom. The van der Waals surface area contributed by atoms with E-state index < -0.39 is 0 Å². The molecule has 40 heavy (non-hydrogen) atoms. The lowest BCUT2D eigenvalue weighted by Crippen LogP contribution is -2.24. The third-order valence-electron chi connectivity index (χ3n) is 6.74. The number of carbonyl (C=O) groups is 1. The summed E-state index contributed by atoms with van der Waals surface area (Å²) in [4.78, 5) is 17.3. The summed E-state index contributed by atoms with van der Waals surface area (Å²) in [6, 6.07) is 32.1. The molecule has 0 aliphatic carbocycles. The normalized spacial score (nSPS) is 11.2. The molecule has 6 rings (SSSR count). The van der Waals surface area contributed by atoms with Crippen LogP contribution in [0.2, 0.25) is 5.02 Å². The Morgan fingerprint density at radius 2 is 1.52 bits per heavy atom. The molecule has 6 aromatic rings. The summed E-state index contributed by atoms with van der Waals surface area (Å²) in [5.41, 5.74) is 5.46. The molecule has 1 amide bonds. The molecule has 0 radical (unpaired) electrons. The van der Waals surface area contributed by atoms with Crippen LogP contribution in [-0.2, 0) is 24.3 Å². The van der Waals surface area contributed by atoms with Crippen molar-refractivity contribution in [3.05, 3.63) is 129 Å². The molecule has 0 spiro atoms. The summed E-state index contributed by atoms with van der Waals surface area (Å²) in [6.07, 6.45) is 2.08. The largest absolute Gasteiger partial charge is 0.366 e. The van der Waals surface area contributed by atoms with E-state index in [0.29, 0.717) is 30.2 Å². The fraction of sp³-hybridized carbons (Fsp3) is 0.0938. The average molecular weight is 611 g/mol. The summed E-state index contributed by atoms with van der Waals surface area (Å²) < 4.78 is 2.57. The molecular formula is C32H25BrClN5O. The van der Waals surface area contributed by atoms with Gasteiger partial charge in [-0.3, -0.25) is 4.79 Å². The number of hydrogen-bond donors (Lipinski definition) is 2. The van der Waals surface area contributed by atoms with Gasteiger partial charge in [0.15, 0.2) is 5.65 Å². The first-order valence-corrected chi connectivity index (χ1v) is 14.1. The molecule has 2 heterocycles. The number of halogens is 2. The van der Waals surface area contributed by atoms with Gasteiger partial charge in [0.25, 0.3) is 0 Å². The minimum atomic E-state index is 0.00226. The second kappa shape index (κ2) is 11.5. The second-order valence-corrected chi connectivity index (χ2v) is 10.8. The van der Waals surface area contributed by atoms with E-state index in [9.17, 15) is 4.79 Å². The molecule has 2 N–H and O–H groups in total. The van der Waals surface area contributed by atoms with Crippen LogP contribution in [0, 0.1) is 0 Å². The van der Waals surface area contributed by atoms with E-state index >= 15 is 0 Å². The Bertz CT molecular complexity index is 1830. The maximum Gasteiger partial charge on any atom is 0.224 e. The molecule has 0 aliphatic rings. The molecule has 198 valence electrons. The Morgan fingerprint density at radius 1 is 0.825 bits per heavy atom. The maximum atomic E-state index is 12.6. The van der Waals surface area contributed by atoms with Crippen LogP contribution < -0.4 is 10.6 Å². The molecule has 8 heteroatoms. The number of nitrogens with zero attached hydrogens (tertiary/aromatic N) is 3. The van der Waals surface area contributed by atoms with Gasteiger partial charge >= 0.3 is 0 Å². The topological polar surface area (TPSA) is 71.3 Å². The van der Waals surface area contributed by atoms with Crippen LogP contribution in [0.1, 0.15) is 16.7 Å². The van der Waals surface area contributed by atoms with Crippen LogP contribution in [0.15, 0.2) is 108 Å². The second-order valence-electron chi connectivity index (χ2n) is 9.54. The molecule has 0 saturated carbocycles. The summed E-state index contributed by atoms with van der Waals surface area (Å²) >= 11 is 10.00. The number of amides is 1. The van der Waals surface area contributed by atoms with Crippen LogP contribution in [0.3, 0.4) is 0 Å². The highest BCUT2D eigenvalue weighted by Crippen LogP contribution is 2.30. The molecule has 0 saturated heterocycles. The number of anilines is 1. The Balaban J connectivity index is 1.09. The van der Waals surface area contributed by atoms with E-state index in [4.69, 9.17) is 16.6 Å². The number of aromatic nitrogens is 3. The van der Waals surface area contributed by atoms with E-state index in [-0.39, 0.29) is 5.91 Å². The van der Waals surface area contributed by atoms with Gasteiger partial charge in [0.1, 0.15) is 5.82 Å². The minimum Gasteiger partial charge on any atom is -0.366 e. The number of fused-ring (bicyclic) bond motifs is 2. The molecule has 0 bridgehead atoms. The van der Waals surface area contributed by atoms with Crippen molar-refractivity contribution >= 4 is 55.7 Å². The van der Waals surface area contributed by atoms with Gasteiger partial charge in [-0.1, -0.05) is 96.5 Å². The number of carbonyl (C=O) groups excluding carboxylic acids is 1. The predicted octanol–water partition coefficient (Wildman–Crippen LogP) is 7.44. The highest BCUT2D eigenvalue weighted by atomic mass is 79.9. The van der Waals surface area contributed by atoms with Gasteiger partial charge in [0.05, 0.1) is 22.8 Å². The van der Waals surface area contributed by atoms with Crippen LogP contribution in [0.5, 0.6) is 0 Å². The standard InChI is InChI=1S/C32H25BrClN5O/c33-27-20-37-39-30(17-29(38-32(27)39)26-7-3-4-8-28(26)34)35-18-21-9-11-22(12-10-21)19-36-31(40)16-23-13-14-24-5-1-2-6-25(24)15-23/h1-15,17,20,35H,16,18-19H2,(H,36,40). The number of rotatable bonds is 8. The van der Waals surface area contributed by atoms with Crippen LogP contribution in [0.25, 0.3) is 27.7 Å². The molecule has 0 unspecified atom stereocenters. The van der Waals surface area contributed by atoms with E-state index in [2.05, 4.69) is 68.1 Å². The molecule has 0 aliphatic heterocycles. The maximum absolute atomic E-state index is 12.6. The third-order valence-corrected chi connectivity index (χ3v) is 7.63. The van der Waals surface area contributed by atoms with Gasteiger partial charge in [-0.2, -0.15) is 9.61 Å². The molecule has 0 atom stereocenters. The fourth-order valence-corrected chi connectivity index (χ4v) is 5.21. The van der Waals surface area contributed by atoms with Crippen molar-refractivity contribution in [2.24, 2.45) is 0 Å². The molecule has 2 aromatic heterocycles. The quantitative estimate of drug-likeness (QED) is 0.188. The van der Waals surface area contributed by atoms with Crippen LogP contribution in [0.4, 0.5) is 5.82 Å². The lowest BCUT2D eigenvalue weighted by Gasteiger charge is -2.12. The average Bonchev–Trinajstić information content (AvgIpc) is 3.36. The van der Waals surface area contributed by atoms with Crippen molar-refractivity contribution in [1.29, 1.82) is 0 Å². The first-order valence-electron chi connectivity index (χ1n) is 12.9. The zero-order valence-electron chi connectivity index (χ0n) is 21.4. The first kappa shape index (κ1) is 26.0. The zero-order chi connectivity index (χ0) is 27.5. The van der Waals surface area contributed by atoms with Gasteiger partial charge in [-0.15, -0.1) is 0 Å². The van der Waals surface area contributed by atoms with Crippen molar-refractivity contribution in [1.82, 2.24) is 19.9 Å². The summed E-state index contributed by atoms with van der Waals surface area (Å²) in [5, 5.41) is 13.9. The summed E-state index contributed by atoms with van der Waals surface area (Å²) in [6.45, 7) is 1.07. The summed E-state index contributed by atoms with van der Waals surface area (Å²) in [7, 11) is 0. The van der Waals surface area contributed by atoms with E-state index in [0.717, 1.165) is 43.6 Å². The monoisotopic (exact) mass is 609 g/mol. The number of hydrogen-bond acceptors (Lipinski definition) is 4. The first-order chi connectivity index (χ1) is 19.5. The lowest BCUT2D eigenvalue weighted by atomic mass is 10.0. The van der Waals surface area contributed by atoms with Crippen molar-refractivity contribution in [3.63, 3.8) is 0 Å². The third kappa shape index (κ3) is 5.71. The predicted molar refractivity (Wildman–Crippen MR) is 164 cm³/mol. The minimum absolute atomic E-state index is 0.00226. The van der Waals surface area contributed by atoms with Crippen LogP contribution in [-0.4, -0.2) is 20.5 Å². The van der Waals surface area contributed by atoms with Gasteiger partial charge in [-0.05, 0) is 49.5 Å². The van der Waals surface area contributed by atoms with E-state index in [1.54, 1.807) is 10.7 Å². The van der Waals surface area contributed by atoms with Gasteiger partial charge in [0.2, 0.25) is 5.91 Å². The van der Waals surface area contributed by atoms with E-state index in [1.165, 1.54) is 5.39 Å². The van der Waals surface area contributed by atoms with Crippen molar-refractivity contribution < 1.29 is 4.79 Å². The Kier molecular flexibility index (Phi) is 7.49. The smallest absolute Gasteiger partial charge is 0.224 e. The van der Waals surface area contributed by atoms with Crippen LogP contribution >= 0.6 is 27.5 Å². The highest BCUT2D eigenvalue weighted by molar-refractivity contribution is 9.10. The summed E-state index contributed by atoms with van der Waals surface area (Å²) in [5.74, 6) is 0.804. The zero-order valence-corrected chi connectivity index (χ0v) is 23.8. The molecule has 6 nitrogen and oxygen atoms in total. The molecule has 0 fully saturated rings. The lowest BCUT2D eigenvalue weighted by molar-refractivity contribution is -0.120. The van der Waals surface area contributed by atoms with Crippen molar-refractivity contribution in [2.75, 3.05) is 5.32 Å². The SMILES string of the molecule is O=C(Cc1ccc2ccccc2c1)NCc1ccc(CNc2cc(-c3ccccc3Cl)nc3c(Br)cnn23)cc1. The number of benzene rings is 4. The fourth-order valence-electron chi connectivity index (χ4n) is 4.63. The Labute approximate surface area is 245 Å². The van der Waals surface area contributed by atoms with Gasteiger partial charge in [-0.25, -0.2) is 4.98 Å². The Hall–Kier alpha value is -4.20. The molecule has 4 aromatic carbocycles.